The van der Waals surface area contributed by atoms with E-state index in [9.17, 15) is 26.0 Å². The van der Waals surface area contributed by atoms with Crippen molar-refractivity contribution in [2.45, 2.75) is 18.4 Å². The third-order valence-electron chi connectivity index (χ3n) is 5.93. The molecule has 9 nitrogen and oxygen atoms in total. The highest BCUT2D eigenvalue weighted by molar-refractivity contribution is 7.92. The van der Waals surface area contributed by atoms with E-state index in [2.05, 4.69) is 10.0 Å². The number of amides is 1. The quantitative estimate of drug-likeness (QED) is 0.244. The number of halogens is 1. The standard InChI is InChI=1S/C29H28FN3O6S2/c1-3-39-26-16-10-24(11-17-26)32-41(37,38)27-18-12-23(13-19-27)31-29(34)21-8-14-25(15-9-21)33(40(2,35)36)20-22-6-4-5-7-28(22)30/h4-19,32H,3,20H2,1-2H3,(H,31,34). The minimum atomic E-state index is -3.87. The molecule has 0 spiro atoms. The first-order valence-electron chi connectivity index (χ1n) is 12.4. The fraction of sp³-hybridized carbons (Fsp3) is 0.138. The fourth-order valence-corrected chi connectivity index (χ4v) is 5.82. The van der Waals surface area contributed by atoms with Crippen molar-refractivity contribution in [3.8, 4) is 5.75 Å². The number of ether oxygens (including phenoxy) is 1. The smallest absolute Gasteiger partial charge is 0.261 e. The van der Waals surface area contributed by atoms with E-state index in [4.69, 9.17) is 4.74 Å². The van der Waals surface area contributed by atoms with Gasteiger partial charge >= 0.3 is 0 Å². The summed E-state index contributed by atoms with van der Waals surface area (Å²) in [6.45, 7) is 2.14. The molecule has 2 N–H and O–H groups in total. The van der Waals surface area contributed by atoms with Crippen LogP contribution in [0.2, 0.25) is 0 Å². The normalized spacial score (nSPS) is 11.5. The highest BCUT2D eigenvalue weighted by Gasteiger charge is 2.20. The number of sulfonamides is 2. The first kappa shape index (κ1) is 29.6. The summed E-state index contributed by atoms with van der Waals surface area (Å²) in [4.78, 5) is 12.8. The van der Waals surface area contributed by atoms with Crippen LogP contribution in [0, 0.1) is 5.82 Å². The van der Waals surface area contributed by atoms with Gasteiger partial charge in [0.25, 0.3) is 15.9 Å². The topological polar surface area (TPSA) is 122 Å². The van der Waals surface area contributed by atoms with Gasteiger partial charge in [-0.3, -0.25) is 13.8 Å². The Morgan fingerprint density at radius 2 is 1.44 bits per heavy atom. The number of anilines is 3. The van der Waals surface area contributed by atoms with Crippen molar-refractivity contribution >= 4 is 43.0 Å². The van der Waals surface area contributed by atoms with E-state index in [0.717, 1.165) is 10.6 Å². The summed E-state index contributed by atoms with van der Waals surface area (Å²) in [6.07, 6.45) is 1.02. The maximum Gasteiger partial charge on any atom is 0.261 e. The van der Waals surface area contributed by atoms with Crippen molar-refractivity contribution in [3.63, 3.8) is 0 Å². The molecule has 0 aliphatic rings. The van der Waals surface area contributed by atoms with Crippen molar-refractivity contribution in [2.75, 3.05) is 27.2 Å². The second-order valence-corrected chi connectivity index (χ2v) is 12.5. The monoisotopic (exact) mass is 597 g/mol. The molecule has 0 heterocycles. The molecule has 41 heavy (non-hydrogen) atoms. The molecule has 0 aliphatic heterocycles. The van der Waals surface area contributed by atoms with E-state index in [-0.39, 0.29) is 28.3 Å². The molecule has 0 saturated heterocycles. The minimum Gasteiger partial charge on any atom is -0.494 e. The van der Waals surface area contributed by atoms with E-state index in [1.807, 2.05) is 6.92 Å². The number of hydrogen-bond acceptors (Lipinski definition) is 6. The lowest BCUT2D eigenvalue weighted by Crippen LogP contribution is -2.29. The van der Waals surface area contributed by atoms with Crippen molar-refractivity contribution < 1.29 is 30.8 Å². The second-order valence-electron chi connectivity index (χ2n) is 8.95. The highest BCUT2D eigenvalue weighted by atomic mass is 32.2. The molecular weight excluding hydrogens is 569 g/mol. The summed E-state index contributed by atoms with van der Waals surface area (Å²) in [5, 5.41) is 2.68. The number of carbonyl (C=O) groups excluding carboxylic acids is 1. The molecule has 0 saturated carbocycles. The van der Waals surface area contributed by atoms with Crippen molar-refractivity contribution in [1.82, 2.24) is 0 Å². The zero-order valence-corrected chi connectivity index (χ0v) is 23.9. The summed E-state index contributed by atoms with van der Waals surface area (Å²) in [6, 6.07) is 23.9. The zero-order valence-electron chi connectivity index (χ0n) is 22.2. The fourth-order valence-electron chi connectivity index (χ4n) is 3.88. The largest absolute Gasteiger partial charge is 0.494 e. The lowest BCUT2D eigenvalue weighted by molar-refractivity contribution is 0.102. The predicted octanol–water partition coefficient (Wildman–Crippen LogP) is 5.24. The van der Waals surface area contributed by atoms with E-state index in [0.29, 0.717) is 23.7 Å². The molecule has 1 amide bonds. The molecule has 0 fully saturated rings. The van der Waals surface area contributed by atoms with Crippen LogP contribution >= 0.6 is 0 Å². The minimum absolute atomic E-state index is 0.00413. The van der Waals surface area contributed by atoms with Gasteiger partial charge in [0, 0.05) is 22.5 Å². The van der Waals surface area contributed by atoms with Gasteiger partial charge in [0.15, 0.2) is 0 Å². The average Bonchev–Trinajstić information content (AvgIpc) is 2.93. The predicted molar refractivity (Wildman–Crippen MR) is 157 cm³/mol. The van der Waals surface area contributed by atoms with E-state index >= 15 is 0 Å². The van der Waals surface area contributed by atoms with E-state index < -0.39 is 31.8 Å². The number of hydrogen-bond donors (Lipinski definition) is 2. The van der Waals surface area contributed by atoms with Crippen LogP contribution in [0.1, 0.15) is 22.8 Å². The van der Waals surface area contributed by atoms with Crippen molar-refractivity contribution in [2.24, 2.45) is 0 Å². The van der Waals surface area contributed by atoms with Gasteiger partial charge in [0.1, 0.15) is 11.6 Å². The van der Waals surface area contributed by atoms with Crippen LogP contribution in [0.25, 0.3) is 0 Å². The maximum absolute atomic E-state index is 14.1. The average molecular weight is 598 g/mol. The molecule has 0 atom stereocenters. The first-order valence-corrected chi connectivity index (χ1v) is 15.8. The Morgan fingerprint density at radius 1 is 0.829 bits per heavy atom. The molecule has 214 valence electrons. The molecule has 0 aromatic heterocycles. The van der Waals surface area contributed by atoms with Crippen LogP contribution in [0.5, 0.6) is 5.75 Å². The van der Waals surface area contributed by atoms with Crippen LogP contribution in [0.3, 0.4) is 0 Å². The van der Waals surface area contributed by atoms with Crippen LogP contribution in [0.15, 0.2) is 102 Å². The number of nitrogens with zero attached hydrogens (tertiary/aromatic N) is 1. The Balaban J connectivity index is 1.43. The summed E-state index contributed by atoms with van der Waals surface area (Å²) in [5.74, 6) is -0.386. The summed E-state index contributed by atoms with van der Waals surface area (Å²) in [5.41, 5.74) is 1.44. The number of rotatable bonds is 11. The van der Waals surface area contributed by atoms with Crippen LogP contribution < -0.4 is 19.1 Å². The number of benzene rings is 4. The molecule has 0 unspecified atom stereocenters. The number of nitrogens with one attached hydrogen (secondary N) is 2. The van der Waals surface area contributed by atoms with E-state index in [1.165, 1.54) is 66.7 Å². The lowest BCUT2D eigenvalue weighted by atomic mass is 10.1. The van der Waals surface area contributed by atoms with Gasteiger partial charge in [-0.2, -0.15) is 0 Å². The molecule has 12 heteroatoms. The van der Waals surface area contributed by atoms with Gasteiger partial charge in [-0.25, -0.2) is 21.2 Å². The van der Waals surface area contributed by atoms with Gasteiger partial charge in [-0.05, 0) is 85.8 Å². The zero-order chi connectivity index (χ0) is 29.6. The molecule has 4 aromatic rings. The van der Waals surface area contributed by atoms with Crippen molar-refractivity contribution in [1.29, 1.82) is 0 Å². The molecule has 4 rings (SSSR count). The summed E-state index contributed by atoms with van der Waals surface area (Å²) < 4.78 is 73.4. The van der Waals surface area contributed by atoms with Crippen molar-refractivity contribution in [3.05, 3.63) is 114 Å². The van der Waals surface area contributed by atoms with Gasteiger partial charge in [0.05, 0.1) is 30.0 Å². The summed E-state index contributed by atoms with van der Waals surface area (Å²) in [7, 11) is -7.62. The highest BCUT2D eigenvalue weighted by Crippen LogP contribution is 2.24. The molecule has 4 aromatic carbocycles. The third kappa shape index (κ3) is 7.62. The Labute approximate surface area is 238 Å². The van der Waals surface area contributed by atoms with Gasteiger partial charge in [-0.1, -0.05) is 18.2 Å². The molecule has 0 bridgehead atoms. The second kappa shape index (κ2) is 12.4. The lowest BCUT2D eigenvalue weighted by Gasteiger charge is -2.23. The first-order chi connectivity index (χ1) is 19.5. The van der Waals surface area contributed by atoms with Gasteiger partial charge in [0.2, 0.25) is 10.0 Å². The van der Waals surface area contributed by atoms with Gasteiger partial charge < -0.3 is 10.1 Å². The SMILES string of the molecule is CCOc1ccc(NS(=O)(=O)c2ccc(NC(=O)c3ccc(N(Cc4ccccc4F)S(C)(=O)=O)cc3)cc2)cc1. The molecule has 0 radical (unpaired) electrons. The number of carbonyl (C=O) groups is 1. The Bertz CT molecular complexity index is 1730. The summed E-state index contributed by atoms with van der Waals surface area (Å²) >= 11 is 0. The van der Waals surface area contributed by atoms with E-state index in [1.54, 1.807) is 30.3 Å². The van der Waals surface area contributed by atoms with Crippen LogP contribution in [-0.2, 0) is 26.6 Å². The van der Waals surface area contributed by atoms with Crippen LogP contribution in [-0.4, -0.2) is 35.6 Å². The third-order valence-corrected chi connectivity index (χ3v) is 8.47. The van der Waals surface area contributed by atoms with Gasteiger partial charge in [-0.15, -0.1) is 0 Å². The Hall–Kier alpha value is -4.42. The van der Waals surface area contributed by atoms with Crippen LogP contribution in [0.4, 0.5) is 21.5 Å². The Morgan fingerprint density at radius 3 is 2.02 bits per heavy atom. The Kier molecular flexibility index (Phi) is 8.94. The molecular formula is C29H28FN3O6S2. The maximum atomic E-state index is 14.1. The molecule has 0 aliphatic carbocycles.